The van der Waals surface area contributed by atoms with Gasteiger partial charge in [0.2, 0.25) is 0 Å². The lowest BCUT2D eigenvalue weighted by Gasteiger charge is -2.12. The van der Waals surface area contributed by atoms with E-state index in [1.54, 1.807) is 7.11 Å². The predicted molar refractivity (Wildman–Crippen MR) is 56.6 cm³/mol. The fraction of sp³-hybridized carbons (Fsp3) is 0.400. The second kappa shape index (κ2) is 5.90. The largest absolute Gasteiger partial charge is 0.380 e. The molecule has 14 heavy (non-hydrogen) atoms. The Hall–Kier alpha value is -0.710. The minimum atomic E-state index is -1.79. The van der Waals surface area contributed by atoms with E-state index in [2.05, 4.69) is 0 Å². The number of methoxy groups -OCH3 is 1. The molecule has 1 N–H and O–H groups in total. The SMILES string of the molecule is COC(Cc1ccccc1)CS(=O)O. The monoisotopic (exact) mass is 214 g/mol. The molecule has 0 aliphatic heterocycles. The summed E-state index contributed by atoms with van der Waals surface area (Å²) in [4.78, 5) is 0. The molecule has 0 amide bonds. The van der Waals surface area contributed by atoms with E-state index in [-0.39, 0.29) is 11.9 Å². The molecule has 0 radical (unpaired) electrons. The highest BCUT2D eigenvalue weighted by Gasteiger charge is 2.11. The van der Waals surface area contributed by atoms with Gasteiger partial charge in [-0.1, -0.05) is 30.3 Å². The highest BCUT2D eigenvalue weighted by Crippen LogP contribution is 2.06. The van der Waals surface area contributed by atoms with Gasteiger partial charge in [-0.25, -0.2) is 4.21 Å². The van der Waals surface area contributed by atoms with Crippen LogP contribution in [-0.4, -0.2) is 27.7 Å². The van der Waals surface area contributed by atoms with Gasteiger partial charge in [0, 0.05) is 7.11 Å². The van der Waals surface area contributed by atoms with Gasteiger partial charge in [-0.05, 0) is 12.0 Å². The highest BCUT2D eigenvalue weighted by atomic mass is 32.2. The summed E-state index contributed by atoms with van der Waals surface area (Å²) in [5.41, 5.74) is 1.12. The molecule has 2 atom stereocenters. The Morgan fingerprint density at radius 2 is 2.07 bits per heavy atom. The quantitative estimate of drug-likeness (QED) is 0.755. The van der Waals surface area contributed by atoms with E-state index in [9.17, 15) is 4.21 Å². The van der Waals surface area contributed by atoms with Gasteiger partial charge < -0.3 is 9.29 Å². The third-order valence-electron chi connectivity index (χ3n) is 1.97. The summed E-state index contributed by atoms with van der Waals surface area (Å²) in [6.07, 6.45) is 0.479. The van der Waals surface area contributed by atoms with Crippen LogP contribution in [0.25, 0.3) is 0 Å². The molecule has 0 saturated heterocycles. The maximum atomic E-state index is 10.6. The third kappa shape index (κ3) is 4.00. The summed E-state index contributed by atoms with van der Waals surface area (Å²) < 4.78 is 24.4. The van der Waals surface area contributed by atoms with E-state index in [1.165, 1.54) is 0 Å². The molecule has 0 aliphatic rings. The Labute approximate surface area is 86.4 Å². The zero-order chi connectivity index (χ0) is 10.4. The topological polar surface area (TPSA) is 46.5 Å². The second-order valence-corrected chi connectivity index (χ2v) is 4.01. The maximum absolute atomic E-state index is 10.6. The first-order valence-electron chi connectivity index (χ1n) is 4.36. The first-order valence-corrected chi connectivity index (χ1v) is 5.64. The number of ether oxygens (including phenoxy) is 1. The molecule has 1 rings (SSSR count). The van der Waals surface area contributed by atoms with E-state index in [4.69, 9.17) is 9.29 Å². The zero-order valence-electron chi connectivity index (χ0n) is 8.05. The van der Waals surface area contributed by atoms with Crippen LogP contribution in [0, 0.1) is 0 Å². The minimum Gasteiger partial charge on any atom is -0.380 e. The van der Waals surface area contributed by atoms with Gasteiger partial charge in [0.25, 0.3) is 0 Å². The van der Waals surface area contributed by atoms with Crippen LogP contribution >= 0.6 is 0 Å². The van der Waals surface area contributed by atoms with Gasteiger partial charge in [0.1, 0.15) is 0 Å². The van der Waals surface area contributed by atoms with Crippen molar-refractivity contribution in [1.82, 2.24) is 0 Å². The molecule has 3 nitrogen and oxygen atoms in total. The third-order valence-corrected chi connectivity index (χ3v) is 2.62. The zero-order valence-corrected chi connectivity index (χ0v) is 8.87. The summed E-state index contributed by atoms with van der Waals surface area (Å²) in [7, 11) is 1.56. The molecular weight excluding hydrogens is 200 g/mol. The van der Waals surface area contributed by atoms with Crippen molar-refractivity contribution < 1.29 is 13.5 Å². The molecule has 0 bridgehead atoms. The highest BCUT2D eigenvalue weighted by molar-refractivity contribution is 7.79. The molecule has 78 valence electrons. The van der Waals surface area contributed by atoms with E-state index in [0.717, 1.165) is 5.56 Å². The van der Waals surface area contributed by atoms with Crippen molar-refractivity contribution in [3.63, 3.8) is 0 Å². The lowest BCUT2D eigenvalue weighted by Crippen LogP contribution is -2.21. The van der Waals surface area contributed by atoms with Crippen LogP contribution in [0.4, 0.5) is 0 Å². The lowest BCUT2D eigenvalue weighted by atomic mass is 10.1. The van der Waals surface area contributed by atoms with E-state index < -0.39 is 11.1 Å². The van der Waals surface area contributed by atoms with Crippen LogP contribution in [0.5, 0.6) is 0 Å². The molecule has 0 saturated carbocycles. The van der Waals surface area contributed by atoms with Gasteiger partial charge in [-0.2, -0.15) is 0 Å². The molecule has 0 heterocycles. The summed E-state index contributed by atoms with van der Waals surface area (Å²) >= 11 is -1.79. The summed E-state index contributed by atoms with van der Waals surface area (Å²) in [6.45, 7) is 0. The fourth-order valence-corrected chi connectivity index (χ4v) is 1.82. The van der Waals surface area contributed by atoms with Crippen LogP contribution in [0.1, 0.15) is 5.56 Å². The first-order chi connectivity index (χ1) is 6.72. The molecule has 0 aliphatic carbocycles. The number of hydrogen-bond acceptors (Lipinski definition) is 2. The molecule has 0 aromatic heterocycles. The number of hydrogen-bond donors (Lipinski definition) is 1. The molecule has 1 aromatic rings. The van der Waals surface area contributed by atoms with E-state index in [1.807, 2.05) is 30.3 Å². The van der Waals surface area contributed by atoms with Crippen molar-refractivity contribution in [1.29, 1.82) is 0 Å². The van der Waals surface area contributed by atoms with Crippen molar-refractivity contribution in [3.05, 3.63) is 35.9 Å². The van der Waals surface area contributed by atoms with Crippen molar-refractivity contribution in [2.24, 2.45) is 0 Å². The van der Waals surface area contributed by atoms with Crippen molar-refractivity contribution in [2.75, 3.05) is 12.9 Å². The fourth-order valence-electron chi connectivity index (χ4n) is 1.25. The molecular formula is C10H14O3S. The van der Waals surface area contributed by atoms with Gasteiger partial charge in [-0.3, -0.25) is 0 Å². The van der Waals surface area contributed by atoms with Crippen LogP contribution in [-0.2, 0) is 22.2 Å². The van der Waals surface area contributed by atoms with Crippen LogP contribution in [0.3, 0.4) is 0 Å². The Bertz CT molecular complexity index is 287. The maximum Gasteiger partial charge on any atom is 0.155 e. The smallest absolute Gasteiger partial charge is 0.155 e. The summed E-state index contributed by atoms with van der Waals surface area (Å²) in [5.74, 6) is 0.158. The Balaban J connectivity index is 2.53. The van der Waals surface area contributed by atoms with Crippen LogP contribution < -0.4 is 0 Å². The van der Waals surface area contributed by atoms with Crippen LogP contribution in [0.15, 0.2) is 30.3 Å². The second-order valence-electron chi connectivity index (χ2n) is 3.04. The molecule has 2 unspecified atom stereocenters. The molecule has 1 aromatic carbocycles. The van der Waals surface area contributed by atoms with Crippen molar-refractivity contribution >= 4 is 11.1 Å². The van der Waals surface area contributed by atoms with Gasteiger partial charge in [0.05, 0.1) is 11.9 Å². The lowest BCUT2D eigenvalue weighted by molar-refractivity contribution is 0.121. The Morgan fingerprint density at radius 3 is 2.57 bits per heavy atom. The minimum absolute atomic E-state index is 0.158. The van der Waals surface area contributed by atoms with Crippen LogP contribution in [0.2, 0.25) is 0 Å². The number of rotatable bonds is 5. The Kier molecular flexibility index (Phi) is 4.79. The van der Waals surface area contributed by atoms with Crippen molar-refractivity contribution in [3.8, 4) is 0 Å². The summed E-state index contributed by atoms with van der Waals surface area (Å²) in [6, 6.07) is 9.78. The van der Waals surface area contributed by atoms with Gasteiger partial charge in [-0.15, -0.1) is 0 Å². The summed E-state index contributed by atoms with van der Waals surface area (Å²) in [5, 5.41) is 0. The molecule has 4 heteroatoms. The standard InChI is InChI=1S/C10H14O3S/c1-13-10(8-14(11)12)7-9-5-3-2-4-6-9/h2-6,10H,7-8H2,1H3,(H,11,12). The van der Waals surface area contributed by atoms with Crippen molar-refractivity contribution in [2.45, 2.75) is 12.5 Å². The molecule has 0 fully saturated rings. The number of benzene rings is 1. The molecule has 0 spiro atoms. The van der Waals surface area contributed by atoms with E-state index >= 15 is 0 Å². The average Bonchev–Trinajstić information content (AvgIpc) is 2.17. The van der Waals surface area contributed by atoms with Gasteiger partial charge in [0.15, 0.2) is 11.1 Å². The van der Waals surface area contributed by atoms with E-state index in [0.29, 0.717) is 6.42 Å². The van der Waals surface area contributed by atoms with Gasteiger partial charge >= 0.3 is 0 Å². The average molecular weight is 214 g/mol. The Morgan fingerprint density at radius 1 is 1.43 bits per heavy atom. The first kappa shape index (κ1) is 11.4. The normalized spacial score (nSPS) is 15.0. The predicted octanol–water partition coefficient (Wildman–Crippen LogP) is 1.47.